The molecule has 0 atom stereocenters. The van der Waals surface area contributed by atoms with Crippen LogP contribution in [0.2, 0.25) is 0 Å². The maximum Gasteiger partial charge on any atom is 0.143 e. The van der Waals surface area contributed by atoms with Gasteiger partial charge in [-0.1, -0.05) is 0 Å². The number of likely N-dealkylation sites (N-methyl/N-ethyl adjacent to an activating group) is 1. The summed E-state index contributed by atoms with van der Waals surface area (Å²) in [7, 11) is 2.01. The van der Waals surface area contributed by atoms with Crippen molar-refractivity contribution in [3.63, 3.8) is 0 Å². The summed E-state index contributed by atoms with van der Waals surface area (Å²) in [5.74, 6) is 0.936. The lowest BCUT2D eigenvalue weighted by atomic mass is 10.0. The van der Waals surface area contributed by atoms with Gasteiger partial charge in [0.2, 0.25) is 0 Å². The van der Waals surface area contributed by atoms with E-state index in [0.29, 0.717) is 6.54 Å². The van der Waals surface area contributed by atoms with Gasteiger partial charge < -0.3 is 10.6 Å². The van der Waals surface area contributed by atoms with Crippen LogP contribution in [0.15, 0.2) is 16.7 Å². The van der Waals surface area contributed by atoms with E-state index in [1.54, 1.807) is 0 Å². The lowest BCUT2D eigenvalue weighted by molar-refractivity contribution is 0.494. The predicted molar refractivity (Wildman–Crippen MR) is 68.2 cm³/mol. The van der Waals surface area contributed by atoms with E-state index in [9.17, 15) is 0 Å². The first-order valence-corrected chi connectivity index (χ1v) is 5.74. The monoisotopic (exact) mass is 271 g/mol. The Kier molecular flexibility index (Phi) is 3.73. The summed E-state index contributed by atoms with van der Waals surface area (Å²) < 4.78 is 1.04. The first kappa shape index (κ1) is 12.5. The molecule has 0 aliphatic carbocycles. The molecule has 1 aromatic heterocycles. The Balaban J connectivity index is 3.12. The van der Waals surface area contributed by atoms with Crippen molar-refractivity contribution in [3.8, 4) is 0 Å². The number of anilines is 1. The normalized spacial score (nSPS) is 11.6. The number of aromatic nitrogens is 1. The van der Waals surface area contributed by atoms with Gasteiger partial charge in [0, 0.05) is 25.3 Å². The van der Waals surface area contributed by atoms with E-state index in [0.717, 1.165) is 10.3 Å². The molecule has 0 amide bonds. The van der Waals surface area contributed by atoms with Crippen molar-refractivity contribution in [1.82, 2.24) is 4.98 Å². The summed E-state index contributed by atoms with van der Waals surface area (Å²) in [6.07, 6.45) is 1.82. The Morgan fingerprint density at radius 3 is 2.67 bits per heavy atom. The highest BCUT2D eigenvalue weighted by Crippen LogP contribution is 2.29. The van der Waals surface area contributed by atoms with Gasteiger partial charge in [-0.25, -0.2) is 4.98 Å². The lowest BCUT2D eigenvalue weighted by Crippen LogP contribution is -2.47. The van der Waals surface area contributed by atoms with Crippen LogP contribution in [0.25, 0.3) is 0 Å². The van der Waals surface area contributed by atoms with Crippen LogP contribution >= 0.6 is 15.9 Å². The maximum atomic E-state index is 5.75. The Hall–Kier alpha value is -0.610. The number of pyridine rings is 1. The van der Waals surface area contributed by atoms with Gasteiger partial charge in [-0.2, -0.15) is 0 Å². The molecule has 0 radical (unpaired) electrons. The molecule has 0 aliphatic rings. The first-order chi connectivity index (χ1) is 6.90. The van der Waals surface area contributed by atoms with Gasteiger partial charge in [-0.15, -0.1) is 0 Å². The zero-order valence-electron chi connectivity index (χ0n) is 9.71. The Morgan fingerprint density at radius 2 is 2.13 bits per heavy atom. The topological polar surface area (TPSA) is 42.2 Å². The summed E-state index contributed by atoms with van der Waals surface area (Å²) >= 11 is 3.56. The summed E-state index contributed by atoms with van der Waals surface area (Å²) in [4.78, 5) is 6.48. The van der Waals surface area contributed by atoms with Gasteiger partial charge >= 0.3 is 0 Å². The van der Waals surface area contributed by atoms with Gasteiger partial charge in [0.15, 0.2) is 0 Å². The molecular formula is C11H18BrN3. The summed E-state index contributed by atoms with van der Waals surface area (Å²) in [6, 6.07) is 1.98. The highest BCUT2D eigenvalue weighted by molar-refractivity contribution is 9.10. The van der Waals surface area contributed by atoms with Gasteiger partial charge in [0.05, 0.1) is 4.47 Å². The molecule has 0 saturated heterocycles. The van der Waals surface area contributed by atoms with Crippen LogP contribution in [0.3, 0.4) is 0 Å². The van der Waals surface area contributed by atoms with E-state index in [2.05, 4.69) is 46.6 Å². The second kappa shape index (κ2) is 4.49. The van der Waals surface area contributed by atoms with E-state index in [-0.39, 0.29) is 5.54 Å². The average molecular weight is 272 g/mol. The molecule has 2 N–H and O–H groups in total. The molecule has 15 heavy (non-hydrogen) atoms. The minimum absolute atomic E-state index is 0.0939. The van der Waals surface area contributed by atoms with Crippen molar-refractivity contribution in [2.45, 2.75) is 26.3 Å². The Bertz CT molecular complexity index is 350. The summed E-state index contributed by atoms with van der Waals surface area (Å²) in [5.41, 5.74) is 6.83. The van der Waals surface area contributed by atoms with Crippen LogP contribution < -0.4 is 10.6 Å². The van der Waals surface area contributed by atoms with Gasteiger partial charge in [-0.05, 0) is 48.3 Å². The third kappa shape index (κ3) is 2.49. The van der Waals surface area contributed by atoms with Crippen LogP contribution in [0.1, 0.15) is 19.4 Å². The molecule has 1 aromatic rings. The number of hydrogen-bond donors (Lipinski definition) is 1. The molecule has 0 aliphatic heterocycles. The zero-order valence-corrected chi connectivity index (χ0v) is 11.3. The molecule has 0 aromatic carbocycles. The van der Waals surface area contributed by atoms with Crippen molar-refractivity contribution in [1.29, 1.82) is 0 Å². The minimum atomic E-state index is -0.0939. The molecule has 0 unspecified atom stereocenters. The molecule has 0 fully saturated rings. The van der Waals surface area contributed by atoms with E-state index in [1.165, 1.54) is 5.56 Å². The smallest absolute Gasteiger partial charge is 0.143 e. The molecule has 3 nitrogen and oxygen atoms in total. The third-order valence-corrected chi connectivity index (χ3v) is 3.77. The van der Waals surface area contributed by atoms with Crippen LogP contribution in [-0.4, -0.2) is 24.1 Å². The van der Waals surface area contributed by atoms with Crippen LogP contribution in [0.5, 0.6) is 0 Å². The highest BCUT2D eigenvalue weighted by atomic mass is 79.9. The lowest BCUT2D eigenvalue weighted by Gasteiger charge is -2.36. The van der Waals surface area contributed by atoms with Gasteiger partial charge in [0.1, 0.15) is 5.82 Å². The molecule has 0 saturated carbocycles. The van der Waals surface area contributed by atoms with E-state index < -0.39 is 0 Å². The largest absolute Gasteiger partial charge is 0.352 e. The van der Waals surface area contributed by atoms with Gasteiger partial charge in [-0.3, -0.25) is 0 Å². The fraction of sp³-hybridized carbons (Fsp3) is 0.545. The number of nitrogens with two attached hydrogens (primary N) is 1. The molecule has 0 spiro atoms. The predicted octanol–water partition coefficient (Wildman–Crippen LogP) is 2.33. The van der Waals surface area contributed by atoms with Crippen LogP contribution in [0.4, 0.5) is 5.82 Å². The number of rotatable bonds is 3. The van der Waals surface area contributed by atoms with Crippen molar-refractivity contribution in [2.75, 3.05) is 18.5 Å². The summed E-state index contributed by atoms with van der Waals surface area (Å²) in [5, 5.41) is 0. The number of aryl methyl sites for hydroxylation is 1. The average Bonchev–Trinajstić information content (AvgIpc) is 2.21. The molecule has 84 valence electrons. The van der Waals surface area contributed by atoms with Gasteiger partial charge in [0.25, 0.3) is 0 Å². The fourth-order valence-electron chi connectivity index (χ4n) is 1.18. The quantitative estimate of drug-likeness (QED) is 0.918. The number of hydrogen-bond acceptors (Lipinski definition) is 3. The fourth-order valence-corrected chi connectivity index (χ4v) is 1.68. The molecular weight excluding hydrogens is 254 g/mol. The SMILES string of the molecule is Cc1ccnc(N(C)C(C)(C)CN)c1Br. The molecule has 0 bridgehead atoms. The number of nitrogens with zero attached hydrogens (tertiary/aromatic N) is 2. The first-order valence-electron chi connectivity index (χ1n) is 4.95. The highest BCUT2D eigenvalue weighted by Gasteiger charge is 2.24. The van der Waals surface area contributed by atoms with Crippen LogP contribution in [0, 0.1) is 6.92 Å². The van der Waals surface area contributed by atoms with Crippen molar-refractivity contribution >= 4 is 21.7 Å². The second-order valence-corrected chi connectivity index (χ2v) is 5.13. The minimum Gasteiger partial charge on any atom is -0.352 e. The van der Waals surface area contributed by atoms with Crippen molar-refractivity contribution in [3.05, 3.63) is 22.3 Å². The molecule has 1 heterocycles. The standard InChI is InChI=1S/C11H18BrN3/c1-8-5-6-14-10(9(8)12)15(4)11(2,3)7-13/h5-6H,7,13H2,1-4H3. The summed E-state index contributed by atoms with van der Waals surface area (Å²) in [6.45, 7) is 6.84. The zero-order chi connectivity index (χ0) is 11.6. The third-order valence-electron chi connectivity index (χ3n) is 2.79. The van der Waals surface area contributed by atoms with Crippen molar-refractivity contribution < 1.29 is 0 Å². The molecule has 1 rings (SSSR count). The van der Waals surface area contributed by atoms with E-state index in [4.69, 9.17) is 5.73 Å². The van der Waals surface area contributed by atoms with E-state index in [1.807, 2.05) is 19.3 Å². The maximum absolute atomic E-state index is 5.75. The molecule has 4 heteroatoms. The van der Waals surface area contributed by atoms with Crippen LogP contribution in [-0.2, 0) is 0 Å². The number of halogens is 1. The second-order valence-electron chi connectivity index (χ2n) is 4.34. The van der Waals surface area contributed by atoms with Crippen molar-refractivity contribution in [2.24, 2.45) is 5.73 Å². The van der Waals surface area contributed by atoms with E-state index >= 15 is 0 Å². The Morgan fingerprint density at radius 1 is 1.53 bits per heavy atom. The Labute approximate surface area is 99.8 Å².